The van der Waals surface area contributed by atoms with Crippen LogP contribution in [0.25, 0.3) is 0 Å². The highest BCUT2D eigenvalue weighted by Gasteiger charge is 2.22. The fourth-order valence-corrected chi connectivity index (χ4v) is 2.00. The molecule has 0 atom stereocenters. The van der Waals surface area contributed by atoms with E-state index in [-0.39, 0.29) is 11.5 Å². The SMILES string of the molecule is NC1=NN=C(c2ccc([N+](=O)[O-])cc2)/C1=N\Nc1ccccc1. The molecule has 0 spiro atoms. The van der Waals surface area contributed by atoms with Crippen LogP contribution in [-0.4, -0.2) is 22.2 Å². The van der Waals surface area contributed by atoms with Crippen molar-refractivity contribution in [2.24, 2.45) is 21.0 Å². The van der Waals surface area contributed by atoms with E-state index < -0.39 is 4.92 Å². The van der Waals surface area contributed by atoms with Gasteiger partial charge in [0.15, 0.2) is 11.5 Å². The van der Waals surface area contributed by atoms with Crippen molar-refractivity contribution < 1.29 is 4.92 Å². The molecule has 23 heavy (non-hydrogen) atoms. The zero-order valence-electron chi connectivity index (χ0n) is 11.9. The second-order valence-electron chi connectivity index (χ2n) is 4.68. The van der Waals surface area contributed by atoms with E-state index >= 15 is 0 Å². The number of non-ortho nitro benzene ring substituents is 1. The Morgan fingerprint density at radius 1 is 1.04 bits per heavy atom. The minimum Gasteiger partial charge on any atom is -0.380 e. The lowest BCUT2D eigenvalue weighted by Gasteiger charge is -2.05. The first-order valence-electron chi connectivity index (χ1n) is 6.70. The maximum absolute atomic E-state index is 10.7. The first kappa shape index (κ1) is 14.4. The van der Waals surface area contributed by atoms with Gasteiger partial charge in [0, 0.05) is 17.7 Å². The summed E-state index contributed by atoms with van der Waals surface area (Å²) in [6.45, 7) is 0. The fraction of sp³-hybridized carbons (Fsp3) is 0. The van der Waals surface area contributed by atoms with E-state index in [2.05, 4.69) is 20.7 Å². The van der Waals surface area contributed by atoms with Crippen molar-refractivity contribution in [3.8, 4) is 0 Å². The van der Waals surface area contributed by atoms with Gasteiger partial charge in [-0.3, -0.25) is 15.5 Å². The fourth-order valence-electron chi connectivity index (χ4n) is 2.00. The van der Waals surface area contributed by atoms with Crippen molar-refractivity contribution in [3.05, 3.63) is 70.3 Å². The average molecular weight is 308 g/mol. The van der Waals surface area contributed by atoms with Crippen molar-refractivity contribution in [1.82, 2.24) is 0 Å². The Balaban J connectivity index is 1.85. The lowest BCUT2D eigenvalue weighted by Crippen LogP contribution is -2.28. The van der Waals surface area contributed by atoms with Gasteiger partial charge in [-0.1, -0.05) is 18.2 Å². The Hall–Kier alpha value is -3.55. The van der Waals surface area contributed by atoms with E-state index in [1.165, 1.54) is 12.1 Å². The van der Waals surface area contributed by atoms with Crippen LogP contribution in [0.15, 0.2) is 69.9 Å². The number of anilines is 1. The molecule has 2 aromatic carbocycles. The summed E-state index contributed by atoms with van der Waals surface area (Å²) in [6.07, 6.45) is 0. The van der Waals surface area contributed by atoms with Crippen LogP contribution in [0.3, 0.4) is 0 Å². The molecule has 0 unspecified atom stereocenters. The molecule has 0 saturated carbocycles. The topological polar surface area (TPSA) is 118 Å². The van der Waals surface area contributed by atoms with Gasteiger partial charge in [0.25, 0.3) is 5.69 Å². The Morgan fingerprint density at radius 3 is 2.39 bits per heavy atom. The number of nitrogens with zero attached hydrogens (tertiary/aromatic N) is 4. The van der Waals surface area contributed by atoms with Crippen molar-refractivity contribution in [2.45, 2.75) is 0 Å². The molecule has 8 nitrogen and oxygen atoms in total. The van der Waals surface area contributed by atoms with Gasteiger partial charge in [0.1, 0.15) is 5.71 Å². The van der Waals surface area contributed by atoms with Gasteiger partial charge in [-0.15, -0.1) is 10.2 Å². The van der Waals surface area contributed by atoms with E-state index in [1.807, 2.05) is 30.3 Å². The molecule has 0 aromatic heterocycles. The summed E-state index contributed by atoms with van der Waals surface area (Å²) in [5, 5.41) is 22.8. The summed E-state index contributed by atoms with van der Waals surface area (Å²) in [4.78, 5) is 10.2. The third kappa shape index (κ3) is 3.05. The Morgan fingerprint density at radius 2 is 1.74 bits per heavy atom. The second-order valence-corrected chi connectivity index (χ2v) is 4.68. The Labute approximate surface area is 131 Å². The van der Waals surface area contributed by atoms with E-state index in [0.29, 0.717) is 17.0 Å². The maximum Gasteiger partial charge on any atom is 0.269 e. The molecular weight excluding hydrogens is 296 g/mol. The molecular formula is C15H12N6O2. The first-order chi connectivity index (χ1) is 11.1. The summed E-state index contributed by atoms with van der Waals surface area (Å²) in [5.74, 6) is 0.182. The number of nitrogens with one attached hydrogen (secondary N) is 1. The lowest BCUT2D eigenvalue weighted by molar-refractivity contribution is -0.384. The third-order valence-corrected chi connectivity index (χ3v) is 3.15. The molecule has 3 N–H and O–H groups in total. The number of benzene rings is 2. The number of para-hydroxylation sites is 1. The largest absolute Gasteiger partial charge is 0.380 e. The van der Waals surface area contributed by atoms with Gasteiger partial charge < -0.3 is 5.73 Å². The number of hydrazone groups is 1. The molecule has 0 amide bonds. The van der Waals surface area contributed by atoms with E-state index in [9.17, 15) is 10.1 Å². The number of hydrogen-bond acceptors (Lipinski definition) is 7. The molecule has 0 fully saturated rings. The molecule has 1 aliphatic heterocycles. The van der Waals surface area contributed by atoms with Crippen molar-refractivity contribution in [1.29, 1.82) is 0 Å². The van der Waals surface area contributed by atoms with Crippen LogP contribution in [0.2, 0.25) is 0 Å². The van der Waals surface area contributed by atoms with Crippen LogP contribution >= 0.6 is 0 Å². The molecule has 1 aliphatic rings. The third-order valence-electron chi connectivity index (χ3n) is 3.15. The number of hydrogen-bond donors (Lipinski definition) is 2. The molecule has 3 rings (SSSR count). The Bertz CT molecular complexity index is 825. The summed E-state index contributed by atoms with van der Waals surface area (Å²) in [5.41, 5.74) is 11.0. The molecule has 114 valence electrons. The number of nitro groups is 1. The van der Waals surface area contributed by atoms with Gasteiger partial charge in [-0.05, 0) is 24.3 Å². The van der Waals surface area contributed by atoms with Crippen molar-refractivity contribution >= 4 is 28.6 Å². The average Bonchev–Trinajstić information content (AvgIpc) is 2.95. The summed E-state index contributed by atoms with van der Waals surface area (Å²) >= 11 is 0. The second kappa shape index (κ2) is 6.06. The quantitative estimate of drug-likeness (QED) is 0.664. The number of nitrogens with two attached hydrogens (primary N) is 1. The number of nitro benzene ring substituents is 1. The Kier molecular flexibility index (Phi) is 3.79. The summed E-state index contributed by atoms with van der Waals surface area (Å²) in [6, 6.07) is 15.3. The highest BCUT2D eigenvalue weighted by atomic mass is 16.6. The van der Waals surface area contributed by atoms with Gasteiger partial charge in [0.05, 0.1) is 10.6 Å². The first-order valence-corrected chi connectivity index (χ1v) is 6.70. The predicted molar refractivity (Wildman–Crippen MR) is 88.8 cm³/mol. The highest BCUT2D eigenvalue weighted by Crippen LogP contribution is 2.15. The van der Waals surface area contributed by atoms with E-state index in [1.54, 1.807) is 12.1 Å². The van der Waals surface area contributed by atoms with Gasteiger partial charge in [-0.2, -0.15) is 5.10 Å². The molecule has 0 aliphatic carbocycles. The van der Waals surface area contributed by atoms with Crippen LogP contribution in [0, 0.1) is 10.1 Å². The van der Waals surface area contributed by atoms with E-state index in [0.717, 1.165) is 5.69 Å². The minimum atomic E-state index is -0.461. The molecule has 2 aromatic rings. The molecule has 0 bridgehead atoms. The van der Waals surface area contributed by atoms with Gasteiger partial charge >= 0.3 is 0 Å². The summed E-state index contributed by atoms with van der Waals surface area (Å²) in [7, 11) is 0. The van der Waals surface area contributed by atoms with Crippen LogP contribution in [-0.2, 0) is 0 Å². The summed E-state index contributed by atoms with van der Waals surface area (Å²) < 4.78 is 0. The van der Waals surface area contributed by atoms with Crippen LogP contribution in [0.4, 0.5) is 11.4 Å². The molecule has 0 saturated heterocycles. The van der Waals surface area contributed by atoms with Crippen LogP contribution < -0.4 is 11.2 Å². The molecule has 0 radical (unpaired) electrons. The normalized spacial score (nSPS) is 15.2. The lowest BCUT2D eigenvalue weighted by atomic mass is 10.1. The van der Waals surface area contributed by atoms with Crippen LogP contribution in [0.1, 0.15) is 5.56 Å². The highest BCUT2D eigenvalue weighted by molar-refractivity contribution is 6.72. The van der Waals surface area contributed by atoms with Gasteiger partial charge in [-0.25, -0.2) is 0 Å². The molecule has 8 heteroatoms. The van der Waals surface area contributed by atoms with E-state index in [4.69, 9.17) is 5.73 Å². The zero-order chi connectivity index (χ0) is 16.2. The van der Waals surface area contributed by atoms with Gasteiger partial charge in [0.2, 0.25) is 0 Å². The maximum atomic E-state index is 10.7. The minimum absolute atomic E-state index is 0.00198. The van der Waals surface area contributed by atoms with Crippen molar-refractivity contribution in [2.75, 3.05) is 5.43 Å². The van der Waals surface area contributed by atoms with Crippen molar-refractivity contribution in [3.63, 3.8) is 0 Å². The molecule has 1 heterocycles. The standard InChI is InChI=1S/C15H12N6O2/c16-15-14(19-17-11-4-2-1-3-5-11)13(18-20-15)10-6-8-12(9-7-10)21(22)23/h1-9,17H,(H2,16,19,20). The number of rotatable bonds is 4. The predicted octanol–water partition coefficient (Wildman–Crippen LogP) is 2.14. The smallest absolute Gasteiger partial charge is 0.269 e. The monoisotopic (exact) mass is 308 g/mol. The van der Waals surface area contributed by atoms with Crippen LogP contribution in [0.5, 0.6) is 0 Å². The zero-order valence-corrected chi connectivity index (χ0v) is 11.9. The number of amidine groups is 1.